The minimum atomic E-state index is 0.613. The van der Waals surface area contributed by atoms with Crippen LogP contribution in [0.1, 0.15) is 18.4 Å². The zero-order valence-corrected chi connectivity index (χ0v) is 11.4. The summed E-state index contributed by atoms with van der Waals surface area (Å²) >= 11 is 0. The molecule has 5 heteroatoms. The molecule has 0 amide bonds. The largest absolute Gasteiger partial charge is 0.335 e. The highest BCUT2D eigenvalue weighted by molar-refractivity contribution is 5.55. The van der Waals surface area contributed by atoms with E-state index in [1.807, 2.05) is 12.5 Å². The molecule has 0 spiro atoms. The Morgan fingerprint density at radius 1 is 1.15 bits per heavy atom. The van der Waals surface area contributed by atoms with Gasteiger partial charge in [-0.25, -0.2) is 4.98 Å². The predicted octanol–water partition coefficient (Wildman–Crippen LogP) is 1.91. The Hall–Kier alpha value is -2.19. The van der Waals surface area contributed by atoms with E-state index in [-0.39, 0.29) is 0 Å². The summed E-state index contributed by atoms with van der Waals surface area (Å²) in [6, 6.07) is 5.60. The summed E-state index contributed by atoms with van der Waals surface area (Å²) in [5.41, 5.74) is 2.19. The SMILES string of the molecule is N#Cc1ccnc(-c2cn(CCN3CCCC3)cn2)c1. The standard InChI is InChI=1S/C15H17N5/c16-10-13-3-4-17-14(9-13)15-11-20(12-18-15)8-7-19-5-1-2-6-19/h3-4,9,11-12H,1-2,5-8H2. The first-order chi connectivity index (χ1) is 9.85. The molecule has 1 fully saturated rings. The smallest absolute Gasteiger partial charge is 0.107 e. The second-order valence-corrected chi connectivity index (χ2v) is 5.09. The van der Waals surface area contributed by atoms with Gasteiger partial charge in [0.05, 0.1) is 23.7 Å². The second-order valence-electron chi connectivity index (χ2n) is 5.09. The average Bonchev–Trinajstić information content (AvgIpc) is 3.16. The summed E-state index contributed by atoms with van der Waals surface area (Å²) in [7, 11) is 0. The van der Waals surface area contributed by atoms with Gasteiger partial charge in [0.2, 0.25) is 0 Å². The van der Waals surface area contributed by atoms with E-state index in [1.54, 1.807) is 18.3 Å². The van der Waals surface area contributed by atoms with Crippen LogP contribution in [-0.2, 0) is 6.54 Å². The fourth-order valence-electron chi connectivity index (χ4n) is 2.52. The maximum atomic E-state index is 8.91. The van der Waals surface area contributed by atoms with Crippen LogP contribution >= 0.6 is 0 Å². The summed E-state index contributed by atoms with van der Waals surface area (Å²) in [6.07, 6.45) is 8.13. The third kappa shape index (κ3) is 2.86. The van der Waals surface area contributed by atoms with Crippen molar-refractivity contribution >= 4 is 0 Å². The molecule has 2 aromatic heterocycles. The molecular formula is C15H17N5. The lowest BCUT2D eigenvalue weighted by molar-refractivity contribution is 0.322. The third-order valence-corrected chi connectivity index (χ3v) is 3.66. The molecule has 0 unspecified atom stereocenters. The maximum Gasteiger partial charge on any atom is 0.107 e. The summed E-state index contributed by atoms with van der Waals surface area (Å²) in [6.45, 7) is 4.45. The van der Waals surface area contributed by atoms with Gasteiger partial charge < -0.3 is 9.47 Å². The lowest BCUT2D eigenvalue weighted by atomic mass is 10.2. The highest BCUT2D eigenvalue weighted by Crippen LogP contribution is 2.15. The highest BCUT2D eigenvalue weighted by atomic mass is 15.2. The molecule has 5 nitrogen and oxygen atoms in total. The number of imidazole rings is 1. The van der Waals surface area contributed by atoms with Crippen LogP contribution in [0.5, 0.6) is 0 Å². The number of likely N-dealkylation sites (tertiary alicyclic amines) is 1. The Labute approximate surface area is 118 Å². The van der Waals surface area contributed by atoms with Gasteiger partial charge >= 0.3 is 0 Å². The van der Waals surface area contributed by atoms with Gasteiger partial charge in [-0.15, -0.1) is 0 Å². The van der Waals surface area contributed by atoms with Gasteiger partial charge in [-0.2, -0.15) is 5.26 Å². The molecule has 0 bridgehead atoms. The summed E-state index contributed by atoms with van der Waals surface area (Å²) in [5, 5.41) is 8.91. The first-order valence-corrected chi connectivity index (χ1v) is 6.96. The Kier molecular flexibility index (Phi) is 3.75. The third-order valence-electron chi connectivity index (χ3n) is 3.66. The van der Waals surface area contributed by atoms with Crippen LogP contribution in [0.3, 0.4) is 0 Å². The summed E-state index contributed by atoms with van der Waals surface area (Å²) in [5.74, 6) is 0. The fraction of sp³-hybridized carbons (Fsp3) is 0.400. The van der Waals surface area contributed by atoms with E-state index in [0.29, 0.717) is 5.56 Å². The average molecular weight is 267 g/mol. The normalized spacial score (nSPS) is 15.3. The first kappa shape index (κ1) is 12.8. The van der Waals surface area contributed by atoms with Crippen molar-refractivity contribution in [3.63, 3.8) is 0 Å². The molecule has 0 N–H and O–H groups in total. The fourth-order valence-corrected chi connectivity index (χ4v) is 2.52. The minimum Gasteiger partial charge on any atom is -0.335 e. The molecule has 1 aliphatic heterocycles. The van der Waals surface area contributed by atoms with Gasteiger partial charge in [0, 0.05) is 25.5 Å². The lowest BCUT2D eigenvalue weighted by Crippen LogP contribution is -2.23. The van der Waals surface area contributed by atoms with Crippen LogP contribution in [0, 0.1) is 11.3 Å². The molecule has 0 aromatic carbocycles. The Morgan fingerprint density at radius 3 is 2.80 bits per heavy atom. The summed E-state index contributed by atoms with van der Waals surface area (Å²) in [4.78, 5) is 11.1. The molecule has 1 saturated heterocycles. The molecule has 102 valence electrons. The van der Waals surface area contributed by atoms with Crippen molar-refractivity contribution in [2.24, 2.45) is 0 Å². The van der Waals surface area contributed by atoms with Gasteiger partial charge in [-0.1, -0.05) is 0 Å². The zero-order chi connectivity index (χ0) is 13.8. The molecule has 0 atom stereocenters. The van der Waals surface area contributed by atoms with Crippen LogP contribution in [0.25, 0.3) is 11.4 Å². The monoisotopic (exact) mass is 267 g/mol. The van der Waals surface area contributed by atoms with Crippen LogP contribution in [-0.4, -0.2) is 39.1 Å². The van der Waals surface area contributed by atoms with Crippen LogP contribution in [0.4, 0.5) is 0 Å². The zero-order valence-electron chi connectivity index (χ0n) is 11.4. The van der Waals surface area contributed by atoms with E-state index >= 15 is 0 Å². The van der Waals surface area contributed by atoms with Gasteiger partial charge in [0.15, 0.2) is 0 Å². The number of rotatable bonds is 4. The lowest BCUT2D eigenvalue weighted by Gasteiger charge is -2.14. The number of pyridine rings is 1. The van der Waals surface area contributed by atoms with Crippen LogP contribution in [0.2, 0.25) is 0 Å². The van der Waals surface area contributed by atoms with Crippen molar-refractivity contribution in [1.29, 1.82) is 5.26 Å². The highest BCUT2D eigenvalue weighted by Gasteiger charge is 2.11. The molecule has 3 rings (SSSR count). The van der Waals surface area contributed by atoms with Crippen molar-refractivity contribution in [2.45, 2.75) is 19.4 Å². The van der Waals surface area contributed by atoms with Crippen molar-refractivity contribution in [3.05, 3.63) is 36.4 Å². The number of nitrogens with zero attached hydrogens (tertiary/aromatic N) is 5. The van der Waals surface area contributed by atoms with E-state index in [2.05, 4.69) is 25.5 Å². The van der Waals surface area contributed by atoms with Crippen molar-refractivity contribution in [3.8, 4) is 17.5 Å². The molecule has 2 aromatic rings. The van der Waals surface area contributed by atoms with Gasteiger partial charge in [-0.05, 0) is 38.1 Å². The number of nitriles is 1. The Morgan fingerprint density at radius 2 is 2.00 bits per heavy atom. The van der Waals surface area contributed by atoms with E-state index in [1.165, 1.54) is 25.9 Å². The predicted molar refractivity (Wildman–Crippen MR) is 75.8 cm³/mol. The van der Waals surface area contributed by atoms with Crippen LogP contribution in [0.15, 0.2) is 30.9 Å². The van der Waals surface area contributed by atoms with Crippen LogP contribution < -0.4 is 0 Å². The van der Waals surface area contributed by atoms with Gasteiger partial charge in [0.1, 0.15) is 5.69 Å². The number of hydrogen-bond acceptors (Lipinski definition) is 4. The Balaban J connectivity index is 1.68. The molecule has 0 aliphatic carbocycles. The second kappa shape index (κ2) is 5.85. The van der Waals surface area contributed by atoms with E-state index in [0.717, 1.165) is 24.5 Å². The van der Waals surface area contributed by atoms with E-state index in [4.69, 9.17) is 5.26 Å². The topological polar surface area (TPSA) is 57.7 Å². The quantitative estimate of drug-likeness (QED) is 0.849. The van der Waals surface area contributed by atoms with Crippen molar-refractivity contribution in [1.82, 2.24) is 19.4 Å². The minimum absolute atomic E-state index is 0.613. The van der Waals surface area contributed by atoms with Crippen molar-refractivity contribution < 1.29 is 0 Å². The molecule has 20 heavy (non-hydrogen) atoms. The number of aromatic nitrogens is 3. The number of hydrogen-bond donors (Lipinski definition) is 0. The van der Waals surface area contributed by atoms with E-state index in [9.17, 15) is 0 Å². The molecule has 1 aliphatic rings. The first-order valence-electron chi connectivity index (χ1n) is 6.96. The van der Waals surface area contributed by atoms with Gasteiger partial charge in [-0.3, -0.25) is 4.98 Å². The van der Waals surface area contributed by atoms with Crippen molar-refractivity contribution in [2.75, 3.05) is 19.6 Å². The molecule has 3 heterocycles. The molecular weight excluding hydrogens is 250 g/mol. The van der Waals surface area contributed by atoms with Gasteiger partial charge in [0.25, 0.3) is 0 Å². The maximum absolute atomic E-state index is 8.91. The molecule has 0 radical (unpaired) electrons. The molecule has 0 saturated carbocycles. The Bertz CT molecular complexity index is 619. The summed E-state index contributed by atoms with van der Waals surface area (Å²) < 4.78 is 2.09. The van der Waals surface area contributed by atoms with E-state index < -0.39 is 0 Å².